The number of benzene rings is 2. The maximum Gasteiger partial charge on any atom is 0.294 e. The van der Waals surface area contributed by atoms with Gasteiger partial charge in [-0.15, -0.1) is 0 Å². The summed E-state index contributed by atoms with van der Waals surface area (Å²) in [5.74, 6) is -0.963. The van der Waals surface area contributed by atoms with E-state index in [1.165, 1.54) is 19.3 Å². The number of imide groups is 1. The van der Waals surface area contributed by atoms with E-state index >= 15 is 0 Å². The van der Waals surface area contributed by atoms with Crippen molar-refractivity contribution in [3.63, 3.8) is 0 Å². The number of anilines is 1. The summed E-state index contributed by atoms with van der Waals surface area (Å²) in [6, 6.07) is 9.65. The topological polar surface area (TPSA) is 95.9 Å². The molecule has 2 aromatic carbocycles. The maximum atomic E-state index is 12.6. The number of carbonyl (C=O) groups excluding carboxylic acids is 3. The zero-order chi connectivity index (χ0) is 21.1. The van der Waals surface area contributed by atoms with E-state index in [1.54, 1.807) is 30.3 Å². The third kappa shape index (κ3) is 4.92. The molecule has 150 valence electrons. The lowest BCUT2D eigenvalue weighted by atomic mass is 10.2. The molecule has 1 fully saturated rings. The Morgan fingerprint density at radius 2 is 2.10 bits per heavy atom. The average molecular weight is 498 g/mol. The number of methoxy groups -OCH3 is 1. The number of aromatic hydroxyl groups is 1. The maximum absolute atomic E-state index is 12.6. The number of amides is 3. The number of hydrogen-bond acceptors (Lipinski definition) is 6. The molecule has 7 nitrogen and oxygen atoms in total. The monoisotopic (exact) mass is 496 g/mol. The molecule has 0 unspecified atom stereocenters. The molecule has 29 heavy (non-hydrogen) atoms. The summed E-state index contributed by atoms with van der Waals surface area (Å²) in [7, 11) is 1.40. The zero-order valence-corrected chi connectivity index (χ0v) is 18.1. The van der Waals surface area contributed by atoms with E-state index in [2.05, 4.69) is 21.2 Å². The standard InChI is InChI=1S/C19H14BrClN2O5S/c1-28-14-6-10(5-13(20)17(14)25)7-15-18(26)23(19(27)29-15)9-16(24)22-12-4-2-3-11(21)8-12/h2-8,25H,9H2,1H3,(H,22,24)/b15-7+. The van der Waals surface area contributed by atoms with Crippen LogP contribution in [0, 0.1) is 0 Å². The number of phenolic OH excluding ortho intramolecular Hbond substituents is 1. The molecule has 3 rings (SSSR count). The molecule has 0 spiro atoms. The molecule has 0 bridgehead atoms. The quantitative estimate of drug-likeness (QED) is 0.591. The predicted octanol–water partition coefficient (Wildman–Crippen LogP) is 4.49. The molecule has 0 atom stereocenters. The highest BCUT2D eigenvalue weighted by atomic mass is 79.9. The smallest absolute Gasteiger partial charge is 0.294 e. The van der Waals surface area contributed by atoms with E-state index < -0.39 is 23.6 Å². The second-order valence-electron chi connectivity index (χ2n) is 5.88. The first-order valence-electron chi connectivity index (χ1n) is 8.15. The summed E-state index contributed by atoms with van der Waals surface area (Å²) in [4.78, 5) is 38.1. The van der Waals surface area contributed by atoms with E-state index in [-0.39, 0.29) is 16.4 Å². The van der Waals surface area contributed by atoms with E-state index in [4.69, 9.17) is 16.3 Å². The second-order valence-corrected chi connectivity index (χ2v) is 8.16. The molecule has 0 radical (unpaired) electrons. The number of carbonyl (C=O) groups is 3. The van der Waals surface area contributed by atoms with Gasteiger partial charge in [0.15, 0.2) is 11.5 Å². The highest BCUT2D eigenvalue weighted by molar-refractivity contribution is 9.10. The molecular formula is C19H14BrClN2O5S. The van der Waals surface area contributed by atoms with Crippen molar-refractivity contribution < 1.29 is 24.2 Å². The van der Waals surface area contributed by atoms with Gasteiger partial charge in [0.25, 0.3) is 11.1 Å². The average Bonchev–Trinajstić information content (AvgIpc) is 2.92. The lowest BCUT2D eigenvalue weighted by Gasteiger charge is -2.12. The molecular weight excluding hydrogens is 484 g/mol. The van der Waals surface area contributed by atoms with E-state index in [0.29, 0.717) is 20.7 Å². The Labute approximate surface area is 183 Å². The third-order valence-electron chi connectivity index (χ3n) is 3.85. The van der Waals surface area contributed by atoms with Gasteiger partial charge >= 0.3 is 0 Å². The lowest BCUT2D eigenvalue weighted by Crippen LogP contribution is -2.36. The number of nitrogens with one attached hydrogen (secondary N) is 1. The first-order valence-corrected chi connectivity index (χ1v) is 10.1. The number of rotatable bonds is 5. The minimum Gasteiger partial charge on any atom is -0.503 e. The molecule has 0 aromatic heterocycles. The van der Waals surface area contributed by atoms with Crippen molar-refractivity contribution in [2.24, 2.45) is 0 Å². The number of hydrogen-bond donors (Lipinski definition) is 2. The van der Waals surface area contributed by atoms with Gasteiger partial charge in [0.05, 0.1) is 16.5 Å². The third-order valence-corrected chi connectivity index (χ3v) is 5.60. The fourth-order valence-corrected chi connectivity index (χ4v) is 4.02. The van der Waals surface area contributed by atoms with Gasteiger partial charge in [-0.2, -0.15) is 0 Å². The fraction of sp³-hybridized carbons (Fsp3) is 0.105. The SMILES string of the molecule is COc1cc(/C=C2/SC(=O)N(CC(=O)Nc3cccc(Cl)c3)C2=O)cc(Br)c1O. The number of nitrogens with zero attached hydrogens (tertiary/aromatic N) is 1. The Morgan fingerprint density at radius 1 is 1.34 bits per heavy atom. The van der Waals surface area contributed by atoms with E-state index in [1.807, 2.05) is 0 Å². The molecule has 10 heteroatoms. The molecule has 0 aliphatic carbocycles. The number of thioether (sulfide) groups is 1. The summed E-state index contributed by atoms with van der Waals surface area (Å²) in [6.45, 7) is -0.420. The van der Waals surface area contributed by atoms with Crippen LogP contribution in [0.4, 0.5) is 10.5 Å². The van der Waals surface area contributed by atoms with Crippen LogP contribution in [0.1, 0.15) is 5.56 Å². The number of halogens is 2. The van der Waals surface area contributed by atoms with Crippen molar-refractivity contribution in [1.29, 1.82) is 0 Å². The summed E-state index contributed by atoms with van der Waals surface area (Å²) < 4.78 is 5.45. The van der Waals surface area contributed by atoms with Gasteiger partial charge in [-0.05, 0) is 69.7 Å². The van der Waals surface area contributed by atoms with E-state index in [0.717, 1.165) is 16.7 Å². The molecule has 0 saturated carbocycles. The normalized spacial score (nSPS) is 15.1. The molecule has 1 aliphatic rings. The van der Waals surface area contributed by atoms with Crippen LogP contribution in [0.5, 0.6) is 11.5 Å². The number of phenols is 1. The highest BCUT2D eigenvalue weighted by Gasteiger charge is 2.36. The molecule has 2 N–H and O–H groups in total. The van der Waals surface area contributed by atoms with Gasteiger partial charge in [-0.3, -0.25) is 19.3 Å². The largest absolute Gasteiger partial charge is 0.503 e. The molecule has 1 aliphatic heterocycles. The van der Waals surface area contributed by atoms with Crippen molar-refractivity contribution in [3.05, 3.63) is 56.4 Å². The predicted molar refractivity (Wildman–Crippen MR) is 115 cm³/mol. The van der Waals surface area contributed by atoms with Crippen LogP contribution in [-0.2, 0) is 9.59 Å². The lowest BCUT2D eigenvalue weighted by molar-refractivity contribution is -0.127. The van der Waals surface area contributed by atoms with Crippen molar-refractivity contribution in [2.75, 3.05) is 19.0 Å². The minimum absolute atomic E-state index is 0.0737. The second kappa shape index (κ2) is 8.89. The van der Waals surface area contributed by atoms with Crippen LogP contribution >= 0.6 is 39.3 Å². The van der Waals surface area contributed by atoms with Crippen molar-refractivity contribution >= 4 is 68.1 Å². The van der Waals surface area contributed by atoms with Crippen LogP contribution in [0.2, 0.25) is 5.02 Å². The highest BCUT2D eigenvalue weighted by Crippen LogP contribution is 2.38. The van der Waals surface area contributed by atoms with Gasteiger partial charge in [0, 0.05) is 10.7 Å². The summed E-state index contributed by atoms with van der Waals surface area (Å²) in [6.07, 6.45) is 1.49. The Hall–Kier alpha value is -2.49. The van der Waals surface area contributed by atoms with Crippen molar-refractivity contribution in [3.8, 4) is 11.5 Å². The van der Waals surface area contributed by atoms with Gasteiger partial charge in [-0.1, -0.05) is 17.7 Å². The van der Waals surface area contributed by atoms with Crippen LogP contribution in [-0.4, -0.2) is 40.7 Å². The van der Waals surface area contributed by atoms with Gasteiger partial charge < -0.3 is 15.2 Å². The first kappa shape index (κ1) is 21.2. The van der Waals surface area contributed by atoms with Crippen LogP contribution < -0.4 is 10.1 Å². The summed E-state index contributed by atoms with van der Waals surface area (Å²) >= 11 is 9.81. The van der Waals surface area contributed by atoms with Crippen LogP contribution in [0.3, 0.4) is 0 Å². The van der Waals surface area contributed by atoms with Crippen LogP contribution in [0.25, 0.3) is 6.08 Å². The molecule has 1 heterocycles. The molecule has 2 aromatic rings. The van der Waals surface area contributed by atoms with Gasteiger partial charge in [0.1, 0.15) is 6.54 Å². The Morgan fingerprint density at radius 3 is 2.79 bits per heavy atom. The molecule has 3 amide bonds. The Balaban J connectivity index is 1.75. The summed E-state index contributed by atoms with van der Waals surface area (Å²) in [5.41, 5.74) is 1.01. The molecule has 1 saturated heterocycles. The first-order chi connectivity index (χ1) is 13.8. The zero-order valence-electron chi connectivity index (χ0n) is 14.9. The minimum atomic E-state index is -0.579. The van der Waals surface area contributed by atoms with Gasteiger partial charge in [0.2, 0.25) is 5.91 Å². The summed E-state index contributed by atoms with van der Waals surface area (Å²) in [5, 5.41) is 12.4. The Kier molecular flexibility index (Phi) is 6.51. The van der Waals surface area contributed by atoms with E-state index in [9.17, 15) is 19.5 Å². The Bertz CT molecular complexity index is 1040. The fourth-order valence-electron chi connectivity index (χ4n) is 2.53. The van der Waals surface area contributed by atoms with Crippen molar-refractivity contribution in [2.45, 2.75) is 0 Å². The van der Waals surface area contributed by atoms with Gasteiger partial charge in [-0.25, -0.2) is 0 Å². The van der Waals surface area contributed by atoms with Crippen LogP contribution in [0.15, 0.2) is 45.8 Å². The van der Waals surface area contributed by atoms with Crippen molar-refractivity contribution in [1.82, 2.24) is 4.90 Å². The number of ether oxygens (including phenoxy) is 1.